The molecule has 1 saturated heterocycles. The summed E-state index contributed by atoms with van der Waals surface area (Å²) in [5.41, 5.74) is 1.46. The molecule has 3 unspecified atom stereocenters. The monoisotopic (exact) mass is 257 g/mol. The van der Waals surface area contributed by atoms with Crippen molar-refractivity contribution in [2.45, 2.75) is 31.7 Å². The Morgan fingerprint density at radius 3 is 2.68 bits per heavy atom. The molecule has 3 rings (SSSR count). The van der Waals surface area contributed by atoms with Crippen molar-refractivity contribution >= 4 is 5.96 Å². The van der Waals surface area contributed by atoms with Crippen molar-refractivity contribution in [2.24, 2.45) is 10.9 Å². The fraction of sp³-hybridized carbons (Fsp3) is 0.562. The Hall–Kier alpha value is -1.51. The lowest BCUT2D eigenvalue weighted by Gasteiger charge is -2.22. The number of aliphatic imine (C=N–C) groups is 1. The van der Waals surface area contributed by atoms with Crippen molar-refractivity contribution < 1.29 is 0 Å². The summed E-state index contributed by atoms with van der Waals surface area (Å²) in [6, 6.07) is 11.5. The molecule has 102 valence electrons. The van der Waals surface area contributed by atoms with Gasteiger partial charge in [-0.1, -0.05) is 37.3 Å². The minimum absolute atomic E-state index is 0.648. The highest BCUT2D eigenvalue weighted by Crippen LogP contribution is 2.31. The molecule has 1 aliphatic heterocycles. The fourth-order valence-electron chi connectivity index (χ4n) is 2.94. The first-order valence-electron chi connectivity index (χ1n) is 7.31. The Bertz CT molecular complexity index is 454. The van der Waals surface area contributed by atoms with Gasteiger partial charge in [0.05, 0.1) is 0 Å². The number of nitrogens with one attached hydrogen (secondary N) is 1. The summed E-state index contributed by atoms with van der Waals surface area (Å²) in [4.78, 5) is 6.85. The van der Waals surface area contributed by atoms with Crippen LogP contribution >= 0.6 is 0 Å². The maximum absolute atomic E-state index is 4.44. The van der Waals surface area contributed by atoms with E-state index >= 15 is 0 Å². The molecule has 1 aliphatic carbocycles. The lowest BCUT2D eigenvalue weighted by atomic mass is 9.99. The Balaban J connectivity index is 1.61. The zero-order chi connectivity index (χ0) is 13.2. The molecular formula is C16H23N3. The molecule has 0 spiro atoms. The molecule has 1 heterocycles. The quantitative estimate of drug-likeness (QED) is 0.651. The second-order valence-electron chi connectivity index (χ2n) is 5.85. The minimum atomic E-state index is 0.648. The van der Waals surface area contributed by atoms with Crippen molar-refractivity contribution in [1.29, 1.82) is 0 Å². The number of nitrogens with zero attached hydrogens (tertiary/aromatic N) is 2. The van der Waals surface area contributed by atoms with Crippen LogP contribution < -0.4 is 5.32 Å². The molecule has 3 heteroatoms. The number of hydrogen-bond donors (Lipinski definition) is 1. The highest BCUT2D eigenvalue weighted by atomic mass is 15.3. The third-order valence-electron chi connectivity index (χ3n) is 4.39. The van der Waals surface area contributed by atoms with E-state index in [9.17, 15) is 0 Å². The maximum Gasteiger partial charge on any atom is 0.193 e. The second-order valence-corrected chi connectivity index (χ2v) is 5.85. The lowest BCUT2D eigenvalue weighted by molar-refractivity contribution is 0.483. The van der Waals surface area contributed by atoms with Gasteiger partial charge in [-0.25, -0.2) is 0 Å². The predicted molar refractivity (Wildman–Crippen MR) is 79.4 cm³/mol. The molecule has 0 amide bonds. The van der Waals surface area contributed by atoms with E-state index in [1.54, 1.807) is 0 Å². The summed E-state index contributed by atoms with van der Waals surface area (Å²) in [5, 5.41) is 3.58. The third kappa shape index (κ3) is 2.75. The van der Waals surface area contributed by atoms with Gasteiger partial charge in [0.15, 0.2) is 5.96 Å². The van der Waals surface area contributed by atoms with E-state index in [0.29, 0.717) is 12.0 Å². The number of hydrogen-bond acceptors (Lipinski definition) is 1. The van der Waals surface area contributed by atoms with Gasteiger partial charge in [0.1, 0.15) is 0 Å². The van der Waals surface area contributed by atoms with Crippen LogP contribution in [0.2, 0.25) is 0 Å². The van der Waals surface area contributed by atoms with Gasteiger partial charge in [0.2, 0.25) is 0 Å². The Labute approximate surface area is 115 Å². The molecule has 0 radical (unpaired) electrons. The van der Waals surface area contributed by atoms with Crippen LogP contribution in [0.1, 0.15) is 31.2 Å². The van der Waals surface area contributed by atoms with Crippen LogP contribution in [-0.2, 0) is 0 Å². The van der Waals surface area contributed by atoms with Gasteiger partial charge in [-0.2, -0.15) is 0 Å². The van der Waals surface area contributed by atoms with Gasteiger partial charge in [-0.3, -0.25) is 4.99 Å². The summed E-state index contributed by atoms with van der Waals surface area (Å²) in [6.45, 7) is 4.49. The smallest absolute Gasteiger partial charge is 0.193 e. The molecule has 1 aromatic rings. The molecule has 1 saturated carbocycles. The Morgan fingerprint density at radius 1 is 1.32 bits per heavy atom. The molecule has 1 aromatic carbocycles. The summed E-state index contributed by atoms with van der Waals surface area (Å²) in [5.74, 6) is 2.55. The van der Waals surface area contributed by atoms with Crippen LogP contribution in [0.5, 0.6) is 0 Å². The van der Waals surface area contributed by atoms with Gasteiger partial charge in [-0.05, 0) is 24.3 Å². The van der Waals surface area contributed by atoms with Crippen LogP contribution in [-0.4, -0.2) is 37.0 Å². The molecule has 0 bridgehead atoms. The van der Waals surface area contributed by atoms with Gasteiger partial charge in [0.25, 0.3) is 0 Å². The van der Waals surface area contributed by atoms with Crippen LogP contribution in [0, 0.1) is 5.92 Å². The summed E-state index contributed by atoms with van der Waals surface area (Å²) in [6.07, 6.45) is 2.51. The lowest BCUT2D eigenvalue weighted by Crippen LogP contribution is -2.41. The predicted octanol–water partition coefficient (Wildman–Crippen LogP) is 2.46. The van der Waals surface area contributed by atoms with E-state index in [0.717, 1.165) is 25.0 Å². The number of benzene rings is 1. The fourth-order valence-corrected chi connectivity index (χ4v) is 2.94. The summed E-state index contributed by atoms with van der Waals surface area (Å²) < 4.78 is 0. The van der Waals surface area contributed by atoms with Crippen molar-refractivity contribution in [2.75, 3.05) is 20.1 Å². The first-order chi connectivity index (χ1) is 9.28. The molecule has 1 N–H and O–H groups in total. The van der Waals surface area contributed by atoms with Crippen LogP contribution in [0.4, 0.5) is 0 Å². The van der Waals surface area contributed by atoms with Crippen molar-refractivity contribution in [3.05, 3.63) is 35.9 Å². The average Bonchev–Trinajstić information content (AvgIpc) is 2.94. The van der Waals surface area contributed by atoms with Crippen LogP contribution in [0.25, 0.3) is 0 Å². The standard InChI is InChI=1S/C16H23N3/c1-12-10-15(12)18-16(17-2)19-9-8-14(11-19)13-6-4-3-5-7-13/h3-7,12,14-15H,8-11H2,1-2H3,(H,17,18). The van der Waals surface area contributed by atoms with E-state index in [4.69, 9.17) is 0 Å². The number of guanidine groups is 1. The Morgan fingerprint density at radius 2 is 2.05 bits per heavy atom. The molecule has 2 aliphatic rings. The van der Waals surface area contributed by atoms with E-state index < -0.39 is 0 Å². The van der Waals surface area contributed by atoms with Crippen molar-refractivity contribution in [3.63, 3.8) is 0 Å². The highest BCUT2D eigenvalue weighted by molar-refractivity contribution is 5.81. The van der Waals surface area contributed by atoms with Crippen LogP contribution in [0.15, 0.2) is 35.3 Å². The van der Waals surface area contributed by atoms with Gasteiger partial charge in [-0.15, -0.1) is 0 Å². The van der Waals surface area contributed by atoms with Gasteiger partial charge >= 0.3 is 0 Å². The van der Waals surface area contributed by atoms with Crippen LogP contribution in [0.3, 0.4) is 0 Å². The molecule has 2 fully saturated rings. The van der Waals surface area contributed by atoms with Crippen molar-refractivity contribution in [1.82, 2.24) is 10.2 Å². The molecule has 0 aromatic heterocycles. The first kappa shape index (κ1) is 12.5. The molecule has 3 atom stereocenters. The maximum atomic E-state index is 4.44. The Kier molecular flexibility index (Phi) is 3.45. The topological polar surface area (TPSA) is 27.6 Å². The molecule has 3 nitrogen and oxygen atoms in total. The van der Waals surface area contributed by atoms with E-state index in [1.165, 1.54) is 18.4 Å². The second kappa shape index (κ2) is 5.24. The largest absolute Gasteiger partial charge is 0.353 e. The summed E-state index contributed by atoms with van der Waals surface area (Å²) in [7, 11) is 1.89. The van der Waals surface area contributed by atoms with Gasteiger partial charge < -0.3 is 10.2 Å². The number of likely N-dealkylation sites (tertiary alicyclic amines) is 1. The molecule has 19 heavy (non-hydrogen) atoms. The third-order valence-corrected chi connectivity index (χ3v) is 4.39. The van der Waals surface area contributed by atoms with Crippen molar-refractivity contribution in [3.8, 4) is 0 Å². The minimum Gasteiger partial charge on any atom is -0.353 e. The van der Waals surface area contributed by atoms with E-state index in [1.807, 2.05) is 7.05 Å². The zero-order valence-electron chi connectivity index (χ0n) is 11.8. The highest BCUT2D eigenvalue weighted by Gasteiger charge is 2.35. The van der Waals surface area contributed by atoms with Gasteiger partial charge in [0, 0.05) is 32.1 Å². The normalized spacial score (nSPS) is 30.5. The van der Waals surface area contributed by atoms with E-state index in [2.05, 4.69) is 52.5 Å². The summed E-state index contributed by atoms with van der Waals surface area (Å²) >= 11 is 0. The van der Waals surface area contributed by atoms with E-state index in [-0.39, 0.29) is 0 Å². The zero-order valence-corrected chi connectivity index (χ0v) is 11.8. The average molecular weight is 257 g/mol. The SMILES string of the molecule is CN=C(NC1CC1C)N1CCC(c2ccccc2)C1. The number of rotatable bonds is 2. The first-order valence-corrected chi connectivity index (χ1v) is 7.31. The molecular weight excluding hydrogens is 234 g/mol.